The molecule has 2 aromatic rings. The Hall–Kier alpha value is -2.18. The lowest BCUT2D eigenvalue weighted by Gasteiger charge is -2.20. The van der Waals surface area contributed by atoms with Gasteiger partial charge in [0.25, 0.3) is 0 Å². The Morgan fingerprint density at radius 1 is 1.32 bits per heavy atom. The maximum atomic E-state index is 12.2. The van der Waals surface area contributed by atoms with E-state index in [0.717, 1.165) is 22.6 Å². The Balaban J connectivity index is 1.97. The molecule has 3 N–H and O–H groups in total. The molecule has 0 spiro atoms. The lowest BCUT2D eigenvalue weighted by atomic mass is 10.2. The third-order valence-corrected chi connectivity index (χ3v) is 3.42. The smallest absolute Gasteiger partial charge is 0.238 e. The number of aromatic nitrogens is 2. The van der Waals surface area contributed by atoms with Crippen molar-refractivity contribution in [3.05, 3.63) is 47.3 Å². The van der Waals surface area contributed by atoms with Gasteiger partial charge in [0, 0.05) is 13.1 Å². The van der Waals surface area contributed by atoms with E-state index < -0.39 is 0 Å². The van der Waals surface area contributed by atoms with E-state index in [4.69, 9.17) is 0 Å². The van der Waals surface area contributed by atoms with Gasteiger partial charge in [0.15, 0.2) is 0 Å². The van der Waals surface area contributed by atoms with Gasteiger partial charge >= 0.3 is 0 Å². The zero-order valence-corrected chi connectivity index (χ0v) is 13.0. The third-order valence-electron chi connectivity index (χ3n) is 3.42. The fourth-order valence-corrected chi connectivity index (χ4v) is 2.31. The monoisotopic (exact) mass is 302 g/mol. The van der Waals surface area contributed by atoms with Gasteiger partial charge in [-0.2, -0.15) is 5.10 Å². The zero-order chi connectivity index (χ0) is 15.9. The van der Waals surface area contributed by atoms with Crippen LogP contribution in [0.5, 0.6) is 0 Å². The minimum atomic E-state index is -0.114. The van der Waals surface area contributed by atoms with E-state index in [-0.39, 0.29) is 19.1 Å². The molecule has 0 aliphatic heterocycles. The quantitative estimate of drug-likeness (QED) is 0.723. The summed E-state index contributed by atoms with van der Waals surface area (Å²) in [5.41, 5.74) is 3.44. The first-order chi connectivity index (χ1) is 10.6. The van der Waals surface area contributed by atoms with Crippen molar-refractivity contribution in [1.29, 1.82) is 0 Å². The fraction of sp³-hybridized carbons (Fsp3) is 0.375. The fourth-order valence-electron chi connectivity index (χ4n) is 2.31. The number of nitrogens with zero attached hydrogens (tertiary/aromatic N) is 2. The minimum Gasteiger partial charge on any atom is -0.395 e. The predicted molar refractivity (Wildman–Crippen MR) is 85.5 cm³/mol. The lowest BCUT2D eigenvalue weighted by Crippen LogP contribution is -2.35. The number of nitrogens with one attached hydrogen (secondary N) is 2. The molecule has 22 heavy (non-hydrogen) atoms. The van der Waals surface area contributed by atoms with Crippen LogP contribution in [0.15, 0.2) is 30.3 Å². The molecule has 0 radical (unpaired) electrons. The summed E-state index contributed by atoms with van der Waals surface area (Å²) in [5.74, 6) is -0.114. The van der Waals surface area contributed by atoms with E-state index in [0.29, 0.717) is 13.1 Å². The van der Waals surface area contributed by atoms with Gasteiger partial charge < -0.3 is 10.4 Å². The number of aryl methyl sites for hydroxylation is 2. The van der Waals surface area contributed by atoms with Crippen molar-refractivity contribution in [1.82, 2.24) is 15.1 Å². The van der Waals surface area contributed by atoms with Gasteiger partial charge in [-0.25, -0.2) is 0 Å². The van der Waals surface area contributed by atoms with E-state index in [1.807, 2.05) is 49.1 Å². The van der Waals surface area contributed by atoms with Crippen LogP contribution in [0.2, 0.25) is 0 Å². The van der Waals surface area contributed by atoms with Crippen LogP contribution in [0.4, 0.5) is 5.69 Å². The standard InChI is InChI=1S/C16H22N4O2/c1-12-16(13(2)19-18-12)17-15(22)11-20(8-9-21)10-14-6-4-3-5-7-14/h3-7,21H,8-11H2,1-2H3,(H,17,22)(H,18,19). The second-order valence-corrected chi connectivity index (χ2v) is 5.28. The Labute approximate surface area is 130 Å². The Bertz CT molecular complexity index is 590. The van der Waals surface area contributed by atoms with E-state index in [1.165, 1.54) is 0 Å². The van der Waals surface area contributed by atoms with Gasteiger partial charge in [-0.05, 0) is 19.4 Å². The molecule has 0 saturated carbocycles. The summed E-state index contributed by atoms with van der Waals surface area (Å²) in [6, 6.07) is 9.89. The number of carbonyl (C=O) groups is 1. The largest absolute Gasteiger partial charge is 0.395 e. The van der Waals surface area contributed by atoms with Gasteiger partial charge in [-0.1, -0.05) is 30.3 Å². The summed E-state index contributed by atoms with van der Waals surface area (Å²) in [7, 11) is 0. The number of aliphatic hydroxyl groups is 1. The maximum Gasteiger partial charge on any atom is 0.238 e. The van der Waals surface area contributed by atoms with E-state index in [9.17, 15) is 9.90 Å². The molecule has 0 aliphatic carbocycles. The number of amides is 1. The molecule has 6 heteroatoms. The van der Waals surface area contributed by atoms with Crippen molar-refractivity contribution in [3.8, 4) is 0 Å². The van der Waals surface area contributed by atoms with Gasteiger partial charge in [-0.15, -0.1) is 0 Å². The number of hydrogen-bond donors (Lipinski definition) is 3. The molecule has 1 heterocycles. The number of hydrogen-bond acceptors (Lipinski definition) is 4. The van der Waals surface area contributed by atoms with Crippen LogP contribution in [-0.4, -0.2) is 45.8 Å². The van der Waals surface area contributed by atoms with Crippen LogP contribution in [-0.2, 0) is 11.3 Å². The van der Waals surface area contributed by atoms with E-state index >= 15 is 0 Å². The second kappa shape index (κ2) is 7.72. The molecule has 0 atom stereocenters. The Morgan fingerprint density at radius 3 is 2.64 bits per heavy atom. The van der Waals surface area contributed by atoms with E-state index in [2.05, 4.69) is 15.5 Å². The van der Waals surface area contributed by atoms with Crippen molar-refractivity contribution in [3.63, 3.8) is 0 Å². The summed E-state index contributed by atoms with van der Waals surface area (Å²) in [4.78, 5) is 14.1. The van der Waals surface area contributed by atoms with Crippen LogP contribution in [0, 0.1) is 13.8 Å². The summed E-state index contributed by atoms with van der Waals surface area (Å²) in [5, 5.41) is 19.0. The molecule has 0 fully saturated rings. The van der Waals surface area contributed by atoms with E-state index in [1.54, 1.807) is 0 Å². The number of aromatic amines is 1. The highest BCUT2D eigenvalue weighted by molar-refractivity contribution is 5.93. The first-order valence-electron chi connectivity index (χ1n) is 7.28. The number of carbonyl (C=O) groups excluding carboxylic acids is 1. The highest BCUT2D eigenvalue weighted by Crippen LogP contribution is 2.16. The van der Waals surface area contributed by atoms with Crippen LogP contribution < -0.4 is 5.32 Å². The zero-order valence-electron chi connectivity index (χ0n) is 13.0. The van der Waals surface area contributed by atoms with Crippen molar-refractivity contribution in [2.45, 2.75) is 20.4 Å². The van der Waals surface area contributed by atoms with Gasteiger partial charge in [0.05, 0.1) is 30.2 Å². The lowest BCUT2D eigenvalue weighted by molar-refractivity contribution is -0.117. The number of anilines is 1. The second-order valence-electron chi connectivity index (χ2n) is 5.28. The van der Waals surface area contributed by atoms with Crippen LogP contribution in [0.1, 0.15) is 17.0 Å². The summed E-state index contributed by atoms with van der Waals surface area (Å²) in [6.45, 7) is 5.02. The molecule has 6 nitrogen and oxygen atoms in total. The van der Waals surface area contributed by atoms with Gasteiger partial charge in [-0.3, -0.25) is 14.8 Å². The van der Waals surface area contributed by atoms with Gasteiger partial charge in [0.1, 0.15) is 0 Å². The number of H-pyrrole nitrogens is 1. The molecule has 1 aromatic carbocycles. The van der Waals surface area contributed by atoms with Crippen molar-refractivity contribution in [2.24, 2.45) is 0 Å². The number of aliphatic hydroxyl groups excluding tert-OH is 1. The molecule has 0 aliphatic rings. The molecular formula is C16H22N4O2. The average Bonchev–Trinajstić information content (AvgIpc) is 2.80. The number of benzene rings is 1. The van der Waals surface area contributed by atoms with Crippen LogP contribution in [0.3, 0.4) is 0 Å². The molecule has 2 rings (SSSR count). The topological polar surface area (TPSA) is 81.2 Å². The molecule has 0 unspecified atom stereocenters. The van der Waals surface area contributed by atoms with Crippen LogP contribution >= 0.6 is 0 Å². The molecule has 1 aromatic heterocycles. The minimum absolute atomic E-state index is 0.0177. The predicted octanol–water partition coefficient (Wildman–Crippen LogP) is 1.46. The first-order valence-corrected chi connectivity index (χ1v) is 7.28. The molecule has 118 valence electrons. The summed E-state index contributed by atoms with van der Waals surface area (Å²) >= 11 is 0. The summed E-state index contributed by atoms with van der Waals surface area (Å²) in [6.07, 6.45) is 0. The molecule has 0 bridgehead atoms. The Kier molecular flexibility index (Phi) is 5.68. The first kappa shape index (κ1) is 16.2. The molecular weight excluding hydrogens is 280 g/mol. The average molecular weight is 302 g/mol. The van der Waals surface area contributed by atoms with Gasteiger partial charge in [0.2, 0.25) is 5.91 Å². The Morgan fingerprint density at radius 2 is 2.05 bits per heavy atom. The van der Waals surface area contributed by atoms with Crippen molar-refractivity contribution < 1.29 is 9.90 Å². The highest BCUT2D eigenvalue weighted by atomic mass is 16.3. The molecule has 1 amide bonds. The van der Waals surface area contributed by atoms with Crippen molar-refractivity contribution in [2.75, 3.05) is 25.0 Å². The van der Waals surface area contributed by atoms with Crippen molar-refractivity contribution >= 4 is 11.6 Å². The SMILES string of the molecule is Cc1n[nH]c(C)c1NC(=O)CN(CCO)Cc1ccccc1. The highest BCUT2D eigenvalue weighted by Gasteiger charge is 2.14. The summed E-state index contributed by atoms with van der Waals surface area (Å²) < 4.78 is 0. The third kappa shape index (κ3) is 4.41. The van der Waals surface area contributed by atoms with Crippen LogP contribution in [0.25, 0.3) is 0 Å². The maximum absolute atomic E-state index is 12.2. The normalized spacial score (nSPS) is 10.9. The molecule has 0 saturated heterocycles. The number of rotatable bonds is 7.